The van der Waals surface area contributed by atoms with Crippen molar-refractivity contribution in [1.82, 2.24) is 0 Å². The lowest BCUT2D eigenvalue weighted by Gasteiger charge is -2.39. The third-order valence-corrected chi connectivity index (χ3v) is 6.40. The standard InChI is InChI=1S/C29H34O5/c30-26-15-7-8-16-27(26)32-17-9-14-24-18-25(33-20-22-10-3-1-4-11-22)19-28(29(24)31)34-21-23-12-5-2-6-13-23/h1-8,10-13,15-16,24-25,28-31H,9,14,17-21H2/t24-,25+,28-,29+/m1/s1. The minimum absolute atomic E-state index is 0.0217. The molecule has 0 bridgehead atoms. The van der Waals surface area contributed by atoms with Crippen molar-refractivity contribution in [3.8, 4) is 11.5 Å². The first kappa shape index (κ1) is 24.3. The summed E-state index contributed by atoms with van der Waals surface area (Å²) in [6, 6.07) is 27.2. The van der Waals surface area contributed by atoms with Crippen LogP contribution in [0.1, 0.15) is 36.8 Å². The molecule has 0 unspecified atom stereocenters. The Morgan fingerprint density at radius 3 is 2.03 bits per heavy atom. The molecule has 4 atom stereocenters. The number of phenolic OH excluding ortho intramolecular Hbond substituents is 1. The van der Waals surface area contributed by atoms with Crippen molar-refractivity contribution in [3.63, 3.8) is 0 Å². The molecule has 0 aromatic heterocycles. The van der Waals surface area contributed by atoms with E-state index in [0.29, 0.717) is 32.0 Å². The van der Waals surface area contributed by atoms with Crippen LogP contribution >= 0.6 is 0 Å². The van der Waals surface area contributed by atoms with Crippen LogP contribution in [0.3, 0.4) is 0 Å². The van der Waals surface area contributed by atoms with Crippen LogP contribution in [-0.2, 0) is 22.7 Å². The van der Waals surface area contributed by atoms with Gasteiger partial charge in [0.25, 0.3) is 0 Å². The average molecular weight is 463 g/mol. The monoisotopic (exact) mass is 462 g/mol. The van der Waals surface area contributed by atoms with E-state index in [9.17, 15) is 10.2 Å². The summed E-state index contributed by atoms with van der Waals surface area (Å²) in [4.78, 5) is 0. The van der Waals surface area contributed by atoms with Gasteiger partial charge in [-0.05, 0) is 48.4 Å². The zero-order valence-corrected chi connectivity index (χ0v) is 19.5. The van der Waals surface area contributed by atoms with Crippen LogP contribution in [0.2, 0.25) is 0 Å². The molecule has 0 aliphatic heterocycles. The summed E-state index contributed by atoms with van der Waals surface area (Å²) in [6.07, 6.45) is 2.22. The Labute approximate surface area is 201 Å². The summed E-state index contributed by atoms with van der Waals surface area (Å²) in [5.41, 5.74) is 2.23. The Kier molecular flexibility index (Phi) is 8.97. The number of para-hydroxylation sites is 2. The van der Waals surface area contributed by atoms with Crippen LogP contribution in [0, 0.1) is 5.92 Å². The number of aliphatic hydroxyl groups excluding tert-OH is 1. The van der Waals surface area contributed by atoms with Gasteiger partial charge >= 0.3 is 0 Å². The molecule has 1 saturated carbocycles. The summed E-state index contributed by atoms with van der Waals surface area (Å²) in [5.74, 6) is 0.687. The van der Waals surface area contributed by atoms with Gasteiger partial charge < -0.3 is 24.4 Å². The predicted molar refractivity (Wildman–Crippen MR) is 132 cm³/mol. The van der Waals surface area contributed by atoms with E-state index in [-0.39, 0.29) is 23.9 Å². The molecule has 34 heavy (non-hydrogen) atoms. The van der Waals surface area contributed by atoms with Crippen molar-refractivity contribution in [2.75, 3.05) is 6.61 Å². The van der Waals surface area contributed by atoms with Crippen molar-refractivity contribution in [1.29, 1.82) is 0 Å². The summed E-state index contributed by atoms with van der Waals surface area (Å²) in [7, 11) is 0. The highest BCUT2D eigenvalue weighted by Crippen LogP contribution is 2.33. The average Bonchev–Trinajstić information content (AvgIpc) is 2.88. The van der Waals surface area contributed by atoms with Crippen molar-refractivity contribution in [2.45, 2.75) is 57.2 Å². The quantitative estimate of drug-likeness (QED) is 0.369. The molecule has 0 amide bonds. The van der Waals surface area contributed by atoms with Crippen LogP contribution in [0.15, 0.2) is 84.9 Å². The molecular weight excluding hydrogens is 428 g/mol. The van der Waals surface area contributed by atoms with Crippen molar-refractivity contribution >= 4 is 0 Å². The fourth-order valence-corrected chi connectivity index (χ4v) is 4.54. The van der Waals surface area contributed by atoms with E-state index in [4.69, 9.17) is 14.2 Å². The number of ether oxygens (including phenoxy) is 3. The van der Waals surface area contributed by atoms with Crippen LogP contribution in [0.25, 0.3) is 0 Å². The lowest BCUT2D eigenvalue weighted by molar-refractivity contribution is -0.136. The molecule has 0 saturated heterocycles. The van der Waals surface area contributed by atoms with E-state index in [2.05, 4.69) is 12.1 Å². The maximum absolute atomic E-state index is 11.1. The second-order valence-electron chi connectivity index (χ2n) is 8.93. The van der Waals surface area contributed by atoms with Gasteiger partial charge in [0, 0.05) is 6.42 Å². The first-order chi connectivity index (χ1) is 16.7. The zero-order chi connectivity index (χ0) is 23.6. The normalized spacial score (nSPS) is 22.4. The van der Waals surface area contributed by atoms with Gasteiger partial charge in [0.05, 0.1) is 38.1 Å². The number of hydrogen-bond donors (Lipinski definition) is 2. The van der Waals surface area contributed by atoms with Gasteiger partial charge in [-0.1, -0.05) is 72.8 Å². The number of hydrogen-bond acceptors (Lipinski definition) is 5. The molecule has 1 aliphatic carbocycles. The molecular formula is C29H34O5. The Balaban J connectivity index is 1.33. The van der Waals surface area contributed by atoms with Crippen molar-refractivity contribution in [2.24, 2.45) is 5.92 Å². The highest BCUT2D eigenvalue weighted by molar-refractivity contribution is 5.37. The summed E-state index contributed by atoms with van der Waals surface area (Å²) in [6.45, 7) is 1.50. The Hall–Kier alpha value is -2.86. The van der Waals surface area contributed by atoms with Crippen LogP contribution < -0.4 is 4.74 Å². The number of aromatic hydroxyl groups is 1. The van der Waals surface area contributed by atoms with Crippen LogP contribution in [0.5, 0.6) is 11.5 Å². The lowest BCUT2D eigenvalue weighted by Crippen LogP contribution is -2.45. The highest BCUT2D eigenvalue weighted by Gasteiger charge is 2.37. The Bertz CT molecular complexity index is 978. The SMILES string of the molecule is Oc1ccccc1OCCC[C@@H]1C[C@H](OCc2ccccc2)C[C@@H](OCc2ccccc2)[C@H]1O. The largest absolute Gasteiger partial charge is 0.504 e. The summed E-state index contributed by atoms with van der Waals surface area (Å²) in [5, 5.41) is 21.0. The first-order valence-corrected chi connectivity index (χ1v) is 12.1. The molecule has 4 rings (SSSR count). The van der Waals surface area contributed by atoms with Crippen molar-refractivity contribution < 1.29 is 24.4 Å². The van der Waals surface area contributed by atoms with Gasteiger partial charge in [0.1, 0.15) is 0 Å². The predicted octanol–water partition coefficient (Wildman–Crippen LogP) is 5.49. The minimum Gasteiger partial charge on any atom is -0.504 e. The fraction of sp³-hybridized carbons (Fsp3) is 0.379. The molecule has 3 aromatic rings. The van der Waals surface area contributed by atoms with Gasteiger partial charge in [-0.2, -0.15) is 0 Å². The molecule has 1 fully saturated rings. The molecule has 5 heteroatoms. The maximum Gasteiger partial charge on any atom is 0.160 e. The highest BCUT2D eigenvalue weighted by atomic mass is 16.5. The molecule has 0 heterocycles. The molecule has 5 nitrogen and oxygen atoms in total. The van der Waals surface area contributed by atoms with E-state index in [1.165, 1.54) is 0 Å². The second-order valence-corrected chi connectivity index (χ2v) is 8.93. The van der Waals surface area contributed by atoms with E-state index in [1.54, 1.807) is 18.2 Å². The van der Waals surface area contributed by atoms with Crippen molar-refractivity contribution in [3.05, 3.63) is 96.1 Å². The summed E-state index contributed by atoms with van der Waals surface area (Å²) >= 11 is 0. The van der Waals surface area contributed by atoms with Crippen LogP contribution in [0.4, 0.5) is 0 Å². The zero-order valence-electron chi connectivity index (χ0n) is 19.5. The lowest BCUT2D eigenvalue weighted by atomic mass is 9.80. The molecule has 2 N–H and O–H groups in total. The van der Waals surface area contributed by atoms with E-state index >= 15 is 0 Å². The van der Waals surface area contributed by atoms with E-state index < -0.39 is 6.10 Å². The Morgan fingerprint density at radius 1 is 0.735 bits per heavy atom. The minimum atomic E-state index is -0.551. The van der Waals surface area contributed by atoms with Gasteiger partial charge in [-0.15, -0.1) is 0 Å². The van der Waals surface area contributed by atoms with E-state index in [1.807, 2.05) is 54.6 Å². The maximum atomic E-state index is 11.1. The van der Waals surface area contributed by atoms with Gasteiger partial charge in [0.2, 0.25) is 0 Å². The Morgan fingerprint density at radius 2 is 1.35 bits per heavy atom. The van der Waals surface area contributed by atoms with Gasteiger partial charge in [0.15, 0.2) is 11.5 Å². The molecule has 1 aliphatic rings. The van der Waals surface area contributed by atoms with Gasteiger partial charge in [-0.25, -0.2) is 0 Å². The fourth-order valence-electron chi connectivity index (χ4n) is 4.54. The molecule has 0 radical (unpaired) electrons. The van der Waals surface area contributed by atoms with E-state index in [0.717, 1.165) is 30.4 Å². The second kappa shape index (κ2) is 12.6. The number of aliphatic hydroxyl groups is 1. The third kappa shape index (κ3) is 7.07. The number of benzene rings is 3. The number of rotatable bonds is 11. The third-order valence-electron chi connectivity index (χ3n) is 6.40. The molecule has 0 spiro atoms. The topological polar surface area (TPSA) is 68.2 Å². The first-order valence-electron chi connectivity index (χ1n) is 12.1. The molecule has 180 valence electrons. The van der Waals surface area contributed by atoms with Gasteiger partial charge in [-0.3, -0.25) is 0 Å². The van der Waals surface area contributed by atoms with Crippen LogP contribution in [-0.4, -0.2) is 35.1 Å². The number of phenols is 1. The smallest absolute Gasteiger partial charge is 0.160 e. The summed E-state index contributed by atoms with van der Waals surface area (Å²) < 4.78 is 18.2. The molecule has 3 aromatic carbocycles.